The predicted octanol–water partition coefficient (Wildman–Crippen LogP) is 0.983. The van der Waals surface area contributed by atoms with Crippen molar-refractivity contribution in [2.75, 3.05) is 6.61 Å². The van der Waals surface area contributed by atoms with Crippen LogP contribution >= 0.6 is 0 Å². The summed E-state index contributed by atoms with van der Waals surface area (Å²) in [6.07, 6.45) is 0.991. The average Bonchev–Trinajstić information content (AvgIpc) is 2.24. The molecule has 2 unspecified atom stereocenters. The Morgan fingerprint density at radius 2 is 1.75 bits per heavy atom. The van der Waals surface area contributed by atoms with Crippen LogP contribution in [0.25, 0.3) is 0 Å². The minimum Gasteiger partial charge on any atom is -0.396 e. The Morgan fingerprint density at radius 1 is 1.20 bits per heavy atom. The third-order valence-electron chi connectivity index (χ3n) is 3.12. The van der Waals surface area contributed by atoms with Gasteiger partial charge in [-0.05, 0) is 24.2 Å². The molecule has 0 aromatic heterocycles. The van der Waals surface area contributed by atoms with E-state index in [0.29, 0.717) is 12.8 Å². The molecule has 20 heavy (non-hydrogen) atoms. The van der Waals surface area contributed by atoms with E-state index in [1.165, 1.54) is 0 Å². The lowest BCUT2D eigenvalue weighted by atomic mass is 9.84. The SMILES string of the molecule is CC(C)CC(NC(N)=O)C(=O)NC(CCO)C(C)(C)C. The Balaban J connectivity index is 4.82. The van der Waals surface area contributed by atoms with Crippen molar-refractivity contribution in [1.82, 2.24) is 10.6 Å². The number of hydrogen-bond acceptors (Lipinski definition) is 3. The third-order valence-corrected chi connectivity index (χ3v) is 3.12. The summed E-state index contributed by atoms with van der Waals surface area (Å²) < 4.78 is 0. The molecule has 6 nitrogen and oxygen atoms in total. The molecule has 2 atom stereocenters. The fourth-order valence-corrected chi connectivity index (χ4v) is 2.00. The van der Waals surface area contributed by atoms with E-state index in [4.69, 9.17) is 10.8 Å². The van der Waals surface area contributed by atoms with E-state index in [0.717, 1.165) is 0 Å². The summed E-state index contributed by atoms with van der Waals surface area (Å²) in [4.78, 5) is 23.3. The number of amides is 3. The first-order valence-corrected chi connectivity index (χ1v) is 7.05. The van der Waals surface area contributed by atoms with Crippen molar-refractivity contribution in [2.24, 2.45) is 17.1 Å². The zero-order valence-electron chi connectivity index (χ0n) is 13.2. The third kappa shape index (κ3) is 7.33. The molecular weight excluding hydrogens is 258 g/mol. The molecule has 0 spiro atoms. The minimum atomic E-state index is -0.708. The van der Waals surface area contributed by atoms with Crippen LogP contribution in [-0.2, 0) is 4.79 Å². The molecule has 0 saturated heterocycles. The summed E-state index contributed by atoms with van der Waals surface area (Å²) in [5.74, 6) is -0.00518. The number of aliphatic hydroxyl groups excluding tert-OH is 1. The number of primary amides is 1. The smallest absolute Gasteiger partial charge is 0.312 e. The highest BCUT2D eigenvalue weighted by molar-refractivity contribution is 5.86. The number of rotatable bonds is 7. The quantitative estimate of drug-likeness (QED) is 0.561. The number of carbonyl (C=O) groups excluding carboxylic acids is 2. The predicted molar refractivity (Wildman–Crippen MR) is 79.1 cm³/mol. The summed E-state index contributed by atoms with van der Waals surface area (Å²) >= 11 is 0. The van der Waals surface area contributed by atoms with Gasteiger partial charge in [0.05, 0.1) is 0 Å². The Labute approximate surface area is 121 Å². The van der Waals surface area contributed by atoms with Crippen molar-refractivity contribution in [3.63, 3.8) is 0 Å². The maximum absolute atomic E-state index is 12.3. The Hall–Kier alpha value is -1.30. The molecule has 0 heterocycles. The number of nitrogens with one attached hydrogen (secondary N) is 2. The lowest BCUT2D eigenvalue weighted by Gasteiger charge is -2.32. The van der Waals surface area contributed by atoms with E-state index in [1.54, 1.807) is 0 Å². The zero-order valence-corrected chi connectivity index (χ0v) is 13.2. The van der Waals surface area contributed by atoms with Crippen molar-refractivity contribution in [3.05, 3.63) is 0 Å². The summed E-state index contributed by atoms with van der Waals surface area (Å²) in [6, 6.07) is -1.51. The lowest BCUT2D eigenvalue weighted by Crippen LogP contribution is -2.54. The Morgan fingerprint density at radius 3 is 2.10 bits per heavy atom. The van der Waals surface area contributed by atoms with Gasteiger partial charge in [0.25, 0.3) is 0 Å². The standard InChI is InChI=1S/C14H29N3O3/c1-9(2)8-10(16-13(15)20)12(19)17-11(6-7-18)14(3,4)5/h9-11,18H,6-8H2,1-5H3,(H,17,19)(H3,15,16,20). The van der Waals surface area contributed by atoms with Crippen LogP contribution < -0.4 is 16.4 Å². The molecule has 0 aromatic carbocycles. The first-order chi connectivity index (χ1) is 9.07. The molecule has 118 valence electrons. The number of nitrogens with two attached hydrogens (primary N) is 1. The van der Waals surface area contributed by atoms with Gasteiger partial charge in [-0.1, -0.05) is 34.6 Å². The number of urea groups is 1. The Bertz CT molecular complexity index is 324. The lowest BCUT2D eigenvalue weighted by molar-refractivity contribution is -0.124. The molecule has 0 fully saturated rings. The first-order valence-electron chi connectivity index (χ1n) is 7.05. The average molecular weight is 287 g/mol. The summed E-state index contributed by atoms with van der Waals surface area (Å²) in [5.41, 5.74) is 4.94. The van der Waals surface area contributed by atoms with Crippen LogP contribution in [0.1, 0.15) is 47.5 Å². The normalized spacial score (nSPS) is 14.8. The van der Waals surface area contributed by atoms with Gasteiger partial charge >= 0.3 is 6.03 Å². The molecule has 0 aliphatic rings. The van der Waals surface area contributed by atoms with Crippen LogP contribution in [0, 0.1) is 11.3 Å². The molecule has 3 amide bonds. The summed E-state index contributed by atoms with van der Waals surface area (Å²) in [5, 5.41) is 14.5. The van der Waals surface area contributed by atoms with Gasteiger partial charge in [0.1, 0.15) is 6.04 Å². The van der Waals surface area contributed by atoms with Gasteiger partial charge < -0.3 is 21.5 Å². The molecule has 0 bridgehead atoms. The highest BCUT2D eigenvalue weighted by Gasteiger charge is 2.29. The highest BCUT2D eigenvalue weighted by atomic mass is 16.3. The van der Waals surface area contributed by atoms with Crippen LogP contribution in [0.4, 0.5) is 4.79 Å². The van der Waals surface area contributed by atoms with Gasteiger partial charge in [0.2, 0.25) is 5.91 Å². The van der Waals surface area contributed by atoms with Gasteiger partial charge in [0, 0.05) is 12.6 Å². The molecule has 5 N–H and O–H groups in total. The van der Waals surface area contributed by atoms with Crippen molar-refractivity contribution >= 4 is 11.9 Å². The molecule has 0 aliphatic carbocycles. The highest BCUT2D eigenvalue weighted by Crippen LogP contribution is 2.22. The van der Waals surface area contributed by atoms with E-state index < -0.39 is 12.1 Å². The maximum atomic E-state index is 12.3. The van der Waals surface area contributed by atoms with Crippen molar-refractivity contribution in [1.29, 1.82) is 0 Å². The van der Waals surface area contributed by atoms with Gasteiger partial charge in [0.15, 0.2) is 0 Å². The van der Waals surface area contributed by atoms with Crippen molar-refractivity contribution in [3.8, 4) is 0 Å². The number of aliphatic hydroxyl groups is 1. The monoisotopic (exact) mass is 287 g/mol. The van der Waals surface area contributed by atoms with Gasteiger partial charge in [-0.15, -0.1) is 0 Å². The molecule has 0 aliphatic heterocycles. The van der Waals surface area contributed by atoms with Crippen LogP contribution in [0.15, 0.2) is 0 Å². The largest absolute Gasteiger partial charge is 0.396 e. The maximum Gasteiger partial charge on any atom is 0.312 e. The molecular formula is C14H29N3O3. The molecule has 0 rings (SSSR count). The fraction of sp³-hybridized carbons (Fsp3) is 0.857. The van der Waals surface area contributed by atoms with Crippen molar-refractivity contribution in [2.45, 2.75) is 59.5 Å². The zero-order chi connectivity index (χ0) is 15.9. The van der Waals surface area contributed by atoms with Gasteiger partial charge in [-0.3, -0.25) is 4.79 Å². The van der Waals surface area contributed by atoms with Crippen LogP contribution in [0.3, 0.4) is 0 Å². The molecule has 0 radical (unpaired) electrons. The number of carbonyl (C=O) groups is 2. The van der Waals surface area contributed by atoms with E-state index in [-0.39, 0.29) is 29.9 Å². The molecule has 0 saturated carbocycles. The van der Waals surface area contributed by atoms with E-state index in [2.05, 4.69) is 10.6 Å². The van der Waals surface area contributed by atoms with E-state index in [9.17, 15) is 9.59 Å². The van der Waals surface area contributed by atoms with Crippen LogP contribution in [-0.4, -0.2) is 35.7 Å². The molecule has 0 aromatic rings. The van der Waals surface area contributed by atoms with Crippen LogP contribution in [0.2, 0.25) is 0 Å². The van der Waals surface area contributed by atoms with E-state index >= 15 is 0 Å². The summed E-state index contributed by atoms with van der Waals surface area (Å²) in [7, 11) is 0. The second-order valence-corrected chi connectivity index (χ2v) is 6.63. The van der Waals surface area contributed by atoms with Gasteiger partial charge in [-0.2, -0.15) is 0 Å². The summed E-state index contributed by atoms with van der Waals surface area (Å²) in [6.45, 7) is 9.92. The van der Waals surface area contributed by atoms with Crippen LogP contribution in [0.5, 0.6) is 0 Å². The second kappa shape index (κ2) is 8.09. The second-order valence-electron chi connectivity index (χ2n) is 6.63. The molecule has 6 heteroatoms. The fourth-order valence-electron chi connectivity index (χ4n) is 2.00. The topological polar surface area (TPSA) is 104 Å². The van der Waals surface area contributed by atoms with Crippen molar-refractivity contribution < 1.29 is 14.7 Å². The Kier molecular flexibility index (Phi) is 7.57. The first kappa shape index (κ1) is 18.7. The van der Waals surface area contributed by atoms with E-state index in [1.807, 2.05) is 34.6 Å². The van der Waals surface area contributed by atoms with Gasteiger partial charge in [-0.25, -0.2) is 4.79 Å². The number of hydrogen-bond donors (Lipinski definition) is 4. The minimum absolute atomic E-state index is 0.000309.